The molecular formula is C15H16N2OS. The van der Waals surface area contributed by atoms with Crippen molar-refractivity contribution in [3.8, 4) is 0 Å². The molecule has 2 aromatic rings. The van der Waals surface area contributed by atoms with Crippen LogP contribution in [0.2, 0.25) is 0 Å². The van der Waals surface area contributed by atoms with Crippen molar-refractivity contribution < 1.29 is 5.21 Å². The molecule has 2 aliphatic rings. The lowest BCUT2D eigenvalue weighted by Gasteiger charge is -2.37. The molecule has 98 valence electrons. The second kappa shape index (κ2) is 4.34. The standard InChI is InChI=1S/C15H16N2OS/c18-17-8-7-11-14(13-6-3-9-19-13)16-12-5-2-1-4-10(12)15(11)17/h1-6,9,11,14-16,18H,7-8H2/t11-,14-,15+/m0/s1. The fourth-order valence-corrected chi connectivity index (χ4v) is 4.30. The Morgan fingerprint density at radius 3 is 2.95 bits per heavy atom. The topological polar surface area (TPSA) is 35.5 Å². The number of hydroxylamine groups is 2. The normalized spacial score (nSPS) is 29.6. The van der Waals surface area contributed by atoms with E-state index >= 15 is 0 Å². The van der Waals surface area contributed by atoms with Gasteiger partial charge in [0.25, 0.3) is 0 Å². The van der Waals surface area contributed by atoms with Crippen molar-refractivity contribution in [1.82, 2.24) is 5.06 Å². The van der Waals surface area contributed by atoms with Gasteiger partial charge in [0.05, 0.1) is 12.1 Å². The van der Waals surface area contributed by atoms with E-state index in [0.717, 1.165) is 18.7 Å². The molecule has 1 saturated heterocycles. The highest BCUT2D eigenvalue weighted by atomic mass is 32.1. The van der Waals surface area contributed by atoms with Crippen molar-refractivity contribution in [3.63, 3.8) is 0 Å². The number of benzene rings is 1. The molecule has 4 rings (SSSR count). The van der Waals surface area contributed by atoms with Crippen molar-refractivity contribution >= 4 is 17.0 Å². The molecule has 0 saturated carbocycles. The molecule has 2 N–H and O–H groups in total. The van der Waals surface area contributed by atoms with Gasteiger partial charge in [0.2, 0.25) is 0 Å². The fraction of sp³-hybridized carbons (Fsp3) is 0.333. The van der Waals surface area contributed by atoms with Crippen LogP contribution in [0.15, 0.2) is 41.8 Å². The van der Waals surface area contributed by atoms with Gasteiger partial charge in [-0.05, 0) is 29.5 Å². The summed E-state index contributed by atoms with van der Waals surface area (Å²) in [6.45, 7) is 0.757. The van der Waals surface area contributed by atoms with Gasteiger partial charge < -0.3 is 10.5 Å². The lowest BCUT2D eigenvalue weighted by atomic mass is 9.82. The molecule has 0 spiro atoms. The summed E-state index contributed by atoms with van der Waals surface area (Å²) < 4.78 is 0. The smallest absolute Gasteiger partial charge is 0.0671 e. The van der Waals surface area contributed by atoms with Crippen LogP contribution in [0.3, 0.4) is 0 Å². The average Bonchev–Trinajstić information content (AvgIpc) is 3.08. The van der Waals surface area contributed by atoms with Gasteiger partial charge in [0.15, 0.2) is 0 Å². The predicted molar refractivity (Wildman–Crippen MR) is 76.5 cm³/mol. The monoisotopic (exact) mass is 272 g/mol. The molecule has 1 fully saturated rings. The molecule has 0 bridgehead atoms. The minimum atomic E-state index is 0.129. The molecule has 0 unspecified atom stereocenters. The number of nitrogens with zero attached hydrogens (tertiary/aromatic N) is 1. The first-order chi connectivity index (χ1) is 9.34. The maximum Gasteiger partial charge on any atom is 0.0671 e. The number of para-hydroxylation sites is 1. The summed E-state index contributed by atoms with van der Waals surface area (Å²) in [5.74, 6) is 0.443. The summed E-state index contributed by atoms with van der Waals surface area (Å²) in [4.78, 5) is 1.36. The number of anilines is 1. The van der Waals surface area contributed by atoms with E-state index in [2.05, 4.69) is 41.0 Å². The molecule has 1 aromatic carbocycles. The van der Waals surface area contributed by atoms with E-state index in [9.17, 15) is 5.21 Å². The quantitative estimate of drug-likeness (QED) is 0.831. The van der Waals surface area contributed by atoms with E-state index in [1.54, 1.807) is 11.3 Å². The summed E-state index contributed by atoms with van der Waals surface area (Å²) >= 11 is 1.79. The summed E-state index contributed by atoms with van der Waals surface area (Å²) in [5.41, 5.74) is 2.38. The SMILES string of the molecule is ON1CC[C@H]2[C@@H](c3cccs3)Nc3ccccc3[C@H]21. The summed E-state index contributed by atoms with van der Waals surface area (Å²) in [7, 11) is 0. The van der Waals surface area contributed by atoms with E-state index in [1.165, 1.54) is 15.5 Å². The van der Waals surface area contributed by atoms with Gasteiger partial charge >= 0.3 is 0 Å². The van der Waals surface area contributed by atoms with Crippen molar-refractivity contribution in [2.75, 3.05) is 11.9 Å². The highest BCUT2D eigenvalue weighted by Crippen LogP contribution is 2.50. The maximum absolute atomic E-state index is 10.2. The molecule has 0 aliphatic carbocycles. The highest BCUT2D eigenvalue weighted by molar-refractivity contribution is 7.10. The van der Waals surface area contributed by atoms with Crippen LogP contribution >= 0.6 is 11.3 Å². The molecule has 3 nitrogen and oxygen atoms in total. The van der Waals surface area contributed by atoms with Gasteiger partial charge in [-0.2, -0.15) is 5.06 Å². The second-order valence-electron chi connectivity index (χ2n) is 5.29. The van der Waals surface area contributed by atoms with Crippen LogP contribution in [0.5, 0.6) is 0 Å². The molecule has 0 amide bonds. The van der Waals surface area contributed by atoms with Crippen molar-refractivity contribution in [3.05, 3.63) is 52.2 Å². The van der Waals surface area contributed by atoms with Gasteiger partial charge in [0.1, 0.15) is 0 Å². The van der Waals surface area contributed by atoms with Gasteiger partial charge in [-0.15, -0.1) is 11.3 Å². The van der Waals surface area contributed by atoms with Crippen LogP contribution in [-0.2, 0) is 0 Å². The first-order valence-corrected chi connectivity index (χ1v) is 7.57. The zero-order chi connectivity index (χ0) is 12.8. The maximum atomic E-state index is 10.2. The molecule has 0 radical (unpaired) electrons. The Morgan fingerprint density at radius 1 is 1.21 bits per heavy atom. The molecular weight excluding hydrogens is 256 g/mol. The van der Waals surface area contributed by atoms with Crippen LogP contribution in [0.25, 0.3) is 0 Å². The Labute approximate surface area is 116 Å². The van der Waals surface area contributed by atoms with Crippen LogP contribution in [-0.4, -0.2) is 16.8 Å². The summed E-state index contributed by atoms with van der Waals surface area (Å²) in [5, 5.41) is 17.5. The lowest BCUT2D eigenvalue weighted by Crippen LogP contribution is -2.32. The molecule has 1 aromatic heterocycles. The first kappa shape index (κ1) is 11.5. The third kappa shape index (κ3) is 1.71. The second-order valence-corrected chi connectivity index (χ2v) is 6.26. The third-order valence-electron chi connectivity index (χ3n) is 4.29. The minimum Gasteiger partial charge on any atom is -0.377 e. The number of rotatable bonds is 1. The number of fused-ring (bicyclic) bond motifs is 3. The fourth-order valence-electron chi connectivity index (χ4n) is 3.45. The molecule has 3 atom stereocenters. The average molecular weight is 272 g/mol. The van der Waals surface area contributed by atoms with E-state index in [0.29, 0.717) is 12.0 Å². The minimum absolute atomic E-state index is 0.129. The van der Waals surface area contributed by atoms with E-state index in [-0.39, 0.29) is 6.04 Å². The molecule has 2 aliphatic heterocycles. The zero-order valence-electron chi connectivity index (χ0n) is 10.5. The van der Waals surface area contributed by atoms with E-state index in [4.69, 9.17) is 0 Å². The Bertz CT molecular complexity index is 584. The number of hydrogen-bond acceptors (Lipinski definition) is 4. The van der Waals surface area contributed by atoms with Crippen molar-refractivity contribution in [2.24, 2.45) is 5.92 Å². The third-order valence-corrected chi connectivity index (χ3v) is 5.24. The van der Waals surface area contributed by atoms with Crippen LogP contribution in [0, 0.1) is 5.92 Å². The highest BCUT2D eigenvalue weighted by Gasteiger charge is 2.44. The Kier molecular flexibility index (Phi) is 2.62. The first-order valence-electron chi connectivity index (χ1n) is 6.69. The Hall–Kier alpha value is -1.36. The van der Waals surface area contributed by atoms with Gasteiger partial charge in [0, 0.05) is 23.0 Å². The van der Waals surface area contributed by atoms with Gasteiger partial charge in [-0.3, -0.25) is 0 Å². The van der Waals surface area contributed by atoms with Gasteiger partial charge in [-0.1, -0.05) is 24.3 Å². The zero-order valence-corrected chi connectivity index (χ0v) is 11.3. The number of thiophene rings is 1. The molecule has 19 heavy (non-hydrogen) atoms. The largest absolute Gasteiger partial charge is 0.377 e. The van der Waals surface area contributed by atoms with E-state index in [1.807, 2.05) is 6.07 Å². The van der Waals surface area contributed by atoms with Crippen LogP contribution < -0.4 is 5.32 Å². The van der Waals surface area contributed by atoms with Gasteiger partial charge in [-0.25, -0.2) is 0 Å². The number of nitrogens with one attached hydrogen (secondary N) is 1. The van der Waals surface area contributed by atoms with Crippen LogP contribution in [0.1, 0.15) is 28.9 Å². The molecule has 4 heteroatoms. The molecule has 3 heterocycles. The lowest BCUT2D eigenvalue weighted by molar-refractivity contribution is -0.112. The summed E-state index contributed by atoms with van der Waals surface area (Å²) in [6, 6.07) is 13.1. The van der Waals surface area contributed by atoms with Crippen LogP contribution in [0.4, 0.5) is 5.69 Å². The Morgan fingerprint density at radius 2 is 2.11 bits per heavy atom. The van der Waals surface area contributed by atoms with E-state index < -0.39 is 0 Å². The van der Waals surface area contributed by atoms with Crippen molar-refractivity contribution in [2.45, 2.75) is 18.5 Å². The predicted octanol–water partition coefficient (Wildman–Crippen LogP) is 3.67. The Balaban J connectivity index is 1.82. The number of hydrogen-bond donors (Lipinski definition) is 2. The summed E-state index contributed by atoms with van der Waals surface area (Å²) in [6.07, 6.45) is 1.03. The van der Waals surface area contributed by atoms with Crippen molar-refractivity contribution in [1.29, 1.82) is 0 Å².